The fourth-order valence-corrected chi connectivity index (χ4v) is 3.12. The second-order valence-corrected chi connectivity index (χ2v) is 8.11. The molecular formula is C19H34N4O3. The summed E-state index contributed by atoms with van der Waals surface area (Å²) < 4.78 is 12.5. The number of methoxy groups -OCH3 is 1. The molecule has 2 atom stereocenters. The minimum absolute atomic E-state index is 0.204. The van der Waals surface area contributed by atoms with E-state index in [1.54, 1.807) is 7.11 Å². The highest BCUT2D eigenvalue weighted by Gasteiger charge is 2.28. The highest BCUT2D eigenvalue weighted by Crippen LogP contribution is 2.20. The van der Waals surface area contributed by atoms with Crippen molar-refractivity contribution in [3.05, 3.63) is 18.0 Å². The molecule has 1 aliphatic rings. The molecular weight excluding hydrogens is 332 g/mol. The van der Waals surface area contributed by atoms with E-state index in [-0.39, 0.29) is 6.09 Å². The molecule has 0 radical (unpaired) electrons. The topological polar surface area (TPSA) is 68.6 Å². The van der Waals surface area contributed by atoms with Crippen molar-refractivity contribution in [3.63, 3.8) is 0 Å². The highest BCUT2D eigenvalue weighted by molar-refractivity contribution is 5.68. The van der Waals surface area contributed by atoms with Gasteiger partial charge in [0, 0.05) is 44.5 Å². The summed E-state index contributed by atoms with van der Waals surface area (Å²) in [6.45, 7) is 11.7. The van der Waals surface area contributed by atoms with Gasteiger partial charge < -0.3 is 19.7 Å². The van der Waals surface area contributed by atoms with Crippen LogP contribution in [0.5, 0.6) is 0 Å². The van der Waals surface area contributed by atoms with Crippen LogP contribution in [0.3, 0.4) is 0 Å². The molecule has 2 rings (SSSR count). The maximum Gasteiger partial charge on any atom is 0.410 e. The van der Waals surface area contributed by atoms with Gasteiger partial charge in [-0.15, -0.1) is 0 Å². The van der Waals surface area contributed by atoms with Crippen molar-refractivity contribution in [1.82, 2.24) is 20.0 Å². The largest absolute Gasteiger partial charge is 0.444 e. The second-order valence-electron chi connectivity index (χ2n) is 8.11. The van der Waals surface area contributed by atoms with Crippen LogP contribution in [0.2, 0.25) is 0 Å². The Hall–Kier alpha value is -1.60. The van der Waals surface area contributed by atoms with Crippen LogP contribution in [-0.2, 0) is 22.6 Å². The van der Waals surface area contributed by atoms with Crippen LogP contribution in [0.15, 0.2) is 12.4 Å². The van der Waals surface area contributed by atoms with E-state index in [0.717, 1.165) is 39.0 Å². The highest BCUT2D eigenvalue weighted by atomic mass is 16.6. The van der Waals surface area contributed by atoms with Crippen LogP contribution >= 0.6 is 0 Å². The van der Waals surface area contributed by atoms with Gasteiger partial charge in [-0.1, -0.05) is 6.92 Å². The van der Waals surface area contributed by atoms with Gasteiger partial charge in [0.15, 0.2) is 0 Å². The monoisotopic (exact) mass is 366 g/mol. The first kappa shape index (κ1) is 20.7. The Kier molecular flexibility index (Phi) is 7.46. The zero-order valence-corrected chi connectivity index (χ0v) is 16.8. The van der Waals surface area contributed by atoms with E-state index >= 15 is 0 Å². The second kappa shape index (κ2) is 9.37. The molecule has 2 heterocycles. The number of ether oxygens (including phenoxy) is 2. The number of rotatable bonds is 6. The summed E-state index contributed by atoms with van der Waals surface area (Å²) in [5, 5.41) is 7.99. The Labute approximate surface area is 157 Å². The van der Waals surface area contributed by atoms with Crippen molar-refractivity contribution >= 4 is 6.09 Å². The Morgan fingerprint density at radius 1 is 1.35 bits per heavy atom. The quantitative estimate of drug-likeness (QED) is 0.838. The van der Waals surface area contributed by atoms with Crippen LogP contribution < -0.4 is 5.32 Å². The van der Waals surface area contributed by atoms with Gasteiger partial charge in [0.2, 0.25) is 0 Å². The maximum absolute atomic E-state index is 12.3. The number of carbonyl (C=O) groups excluding carboxylic acids is 1. The number of hydrogen-bond donors (Lipinski definition) is 1. The van der Waals surface area contributed by atoms with Crippen LogP contribution in [0.25, 0.3) is 0 Å². The Bertz CT molecular complexity index is 567. The third-order valence-electron chi connectivity index (χ3n) is 4.68. The zero-order valence-electron chi connectivity index (χ0n) is 16.8. The van der Waals surface area contributed by atoms with Gasteiger partial charge in [-0.25, -0.2) is 4.79 Å². The van der Waals surface area contributed by atoms with Crippen molar-refractivity contribution < 1.29 is 14.3 Å². The van der Waals surface area contributed by atoms with Crippen molar-refractivity contribution in [2.24, 2.45) is 5.92 Å². The molecule has 1 aromatic rings. The number of aromatic nitrogens is 2. The normalized spacial score (nSPS) is 21.5. The van der Waals surface area contributed by atoms with Crippen molar-refractivity contribution in [3.8, 4) is 0 Å². The summed E-state index contributed by atoms with van der Waals surface area (Å²) in [4.78, 5) is 14.1. The van der Waals surface area contributed by atoms with Crippen LogP contribution in [0.1, 0.15) is 46.1 Å². The SMILES string of the molecule is COCCn1cc(CN[C@@H]2CCN(C(=O)OC(C)(C)C)CC[C@H]2C)cn1. The van der Waals surface area contributed by atoms with E-state index in [0.29, 0.717) is 18.6 Å². The number of nitrogens with zero attached hydrogens (tertiary/aromatic N) is 3. The number of nitrogens with one attached hydrogen (secondary N) is 1. The molecule has 1 aromatic heterocycles. The average Bonchev–Trinajstić information content (AvgIpc) is 2.92. The zero-order chi connectivity index (χ0) is 19.2. The molecule has 1 amide bonds. The Morgan fingerprint density at radius 2 is 2.08 bits per heavy atom. The first-order valence-electron chi connectivity index (χ1n) is 9.50. The molecule has 7 nitrogen and oxygen atoms in total. The standard InChI is InChI=1S/C19H34N4O3/c1-15-6-8-22(18(24)26-19(2,3)4)9-7-17(15)20-12-16-13-21-23(14-16)10-11-25-5/h13-15,17,20H,6-12H2,1-5H3/t15-,17-/m1/s1. The van der Waals surface area contributed by atoms with Gasteiger partial charge in [-0.05, 0) is 39.5 Å². The molecule has 148 valence electrons. The fraction of sp³-hybridized carbons (Fsp3) is 0.789. The first-order valence-corrected chi connectivity index (χ1v) is 9.50. The van der Waals surface area contributed by atoms with E-state index in [2.05, 4.69) is 23.5 Å². The molecule has 0 unspecified atom stereocenters. The lowest BCUT2D eigenvalue weighted by Gasteiger charge is -2.26. The minimum Gasteiger partial charge on any atom is -0.444 e. The van der Waals surface area contributed by atoms with E-state index in [1.165, 1.54) is 5.56 Å². The molecule has 26 heavy (non-hydrogen) atoms. The summed E-state index contributed by atoms with van der Waals surface area (Å²) in [5.74, 6) is 0.506. The first-order chi connectivity index (χ1) is 12.3. The van der Waals surface area contributed by atoms with Gasteiger partial charge in [0.25, 0.3) is 0 Å². The van der Waals surface area contributed by atoms with Crippen LogP contribution in [0, 0.1) is 5.92 Å². The van der Waals surface area contributed by atoms with Crippen molar-refractivity contribution in [1.29, 1.82) is 0 Å². The Balaban J connectivity index is 1.83. The number of carbonyl (C=O) groups is 1. The summed E-state index contributed by atoms with van der Waals surface area (Å²) >= 11 is 0. The number of hydrogen-bond acceptors (Lipinski definition) is 5. The number of amides is 1. The predicted octanol–water partition coefficient (Wildman–Crippen LogP) is 2.65. The van der Waals surface area contributed by atoms with Crippen LogP contribution in [0.4, 0.5) is 4.79 Å². The molecule has 7 heteroatoms. The van der Waals surface area contributed by atoms with Gasteiger partial charge in [-0.3, -0.25) is 4.68 Å². The molecule has 0 aliphatic carbocycles. The molecule has 0 aromatic carbocycles. The fourth-order valence-electron chi connectivity index (χ4n) is 3.12. The number of likely N-dealkylation sites (tertiary alicyclic amines) is 1. The summed E-state index contributed by atoms with van der Waals surface area (Å²) in [7, 11) is 1.69. The van der Waals surface area contributed by atoms with Crippen LogP contribution in [-0.4, -0.2) is 59.2 Å². The van der Waals surface area contributed by atoms with Gasteiger partial charge in [0.1, 0.15) is 5.60 Å². The third-order valence-corrected chi connectivity index (χ3v) is 4.68. The molecule has 1 N–H and O–H groups in total. The molecule has 1 saturated heterocycles. The smallest absolute Gasteiger partial charge is 0.410 e. The molecule has 0 bridgehead atoms. The van der Waals surface area contributed by atoms with Crippen molar-refractivity contribution in [2.75, 3.05) is 26.8 Å². The van der Waals surface area contributed by atoms with E-state index in [4.69, 9.17) is 9.47 Å². The van der Waals surface area contributed by atoms with Crippen molar-refractivity contribution in [2.45, 2.75) is 65.3 Å². The minimum atomic E-state index is -0.449. The average molecular weight is 367 g/mol. The van der Waals surface area contributed by atoms with Gasteiger partial charge in [0.05, 0.1) is 19.3 Å². The molecule has 0 saturated carbocycles. The molecule has 0 spiro atoms. The maximum atomic E-state index is 12.3. The molecule has 1 fully saturated rings. The lowest BCUT2D eigenvalue weighted by atomic mass is 9.97. The lowest BCUT2D eigenvalue weighted by Crippen LogP contribution is -2.38. The predicted molar refractivity (Wildman–Crippen MR) is 101 cm³/mol. The third kappa shape index (κ3) is 6.61. The lowest BCUT2D eigenvalue weighted by molar-refractivity contribution is 0.0255. The summed E-state index contributed by atoms with van der Waals surface area (Å²) in [6.07, 6.45) is 5.66. The van der Waals surface area contributed by atoms with E-state index in [1.807, 2.05) is 36.5 Å². The van der Waals surface area contributed by atoms with Gasteiger partial charge >= 0.3 is 6.09 Å². The Morgan fingerprint density at radius 3 is 2.77 bits per heavy atom. The summed E-state index contributed by atoms with van der Waals surface area (Å²) in [6, 6.07) is 0.379. The van der Waals surface area contributed by atoms with Gasteiger partial charge in [-0.2, -0.15) is 5.10 Å². The van der Waals surface area contributed by atoms with E-state index < -0.39 is 5.60 Å². The summed E-state index contributed by atoms with van der Waals surface area (Å²) in [5.41, 5.74) is 0.719. The van der Waals surface area contributed by atoms with E-state index in [9.17, 15) is 4.79 Å². The molecule has 1 aliphatic heterocycles.